The lowest BCUT2D eigenvalue weighted by Gasteiger charge is -2.11. The molecule has 0 saturated heterocycles. The molecule has 5 nitrogen and oxygen atoms in total. The predicted molar refractivity (Wildman–Crippen MR) is 45.1 cm³/mol. The van der Waals surface area contributed by atoms with Crippen LogP contribution in [0.3, 0.4) is 0 Å². The average Bonchev–Trinajstić information content (AvgIpc) is 2.03. The van der Waals surface area contributed by atoms with Crippen molar-refractivity contribution in [1.29, 1.82) is 0 Å². The van der Waals surface area contributed by atoms with E-state index in [1.165, 1.54) is 7.11 Å². The number of hydrogen-bond donors (Lipinski definition) is 2. The number of carbonyl (C=O) groups is 2. The molecule has 0 saturated carbocycles. The number of esters is 1. The molecular weight excluding hydrogens is 160 g/mol. The van der Waals surface area contributed by atoms with Crippen molar-refractivity contribution < 1.29 is 14.3 Å². The van der Waals surface area contributed by atoms with Gasteiger partial charge in [-0.2, -0.15) is 0 Å². The molecule has 1 unspecified atom stereocenters. The zero-order valence-corrected chi connectivity index (χ0v) is 7.61. The number of carbonyl (C=O) groups excluding carboxylic acids is 2. The van der Waals surface area contributed by atoms with Crippen LogP contribution in [0.15, 0.2) is 0 Å². The highest BCUT2D eigenvalue weighted by Crippen LogP contribution is 1.98. The number of nitrogens with two attached hydrogens (primary N) is 2. The maximum absolute atomic E-state index is 10.6. The van der Waals surface area contributed by atoms with Crippen LogP contribution in [-0.4, -0.2) is 25.5 Å². The van der Waals surface area contributed by atoms with Crippen molar-refractivity contribution in [3.63, 3.8) is 0 Å². The molecule has 4 N–H and O–H groups in total. The van der Waals surface area contributed by atoms with Crippen molar-refractivity contribution in [1.82, 2.24) is 0 Å². The third kappa shape index (κ3) is 7.01. The summed E-state index contributed by atoms with van der Waals surface area (Å²) in [4.78, 5) is 19.2. The number of primary amides is 1. The molecule has 0 aliphatic rings. The topological polar surface area (TPSA) is 95.4 Å². The van der Waals surface area contributed by atoms with Gasteiger partial charge in [-0.1, -0.05) is 13.8 Å². The summed E-state index contributed by atoms with van der Waals surface area (Å²) in [5.74, 6) is -0.192. The standard InChI is InChI=1S/C6H13NO2.CH3NO/c1-4(2)5(7)6(8)9-3;2-1-3/h4-5H,7H2,1-3H3;1H,(H2,2,3). The summed E-state index contributed by atoms with van der Waals surface area (Å²) in [7, 11) is 1.34. The lowest BCUT2D eigenvalue weighted by atomic mass is 10.1. The first kappa shape index (κ1) is 13.5. The van der Waals surface area contributed by atoms with Crippen LogP contribution < -0.4 is 11.5 Å². The van der Waals surface area contributed by atoms with E-state index in [-0.39, 0.29) is 18.3 Å². The van der Waals surface area contributed by atoms with Gasteiger partial charge in [0.05, 0.1) is 7.11 Å². The molecular formula is C7H16N2O3. The van der Waals surface area contributed by atoms with Crippen LogP contribution in [0.5, 0.6) is 0 Å². The van der Waals surface area contributed by atoms with Crippen LogP contribution in [0.25, 0.3) is 0 Å². The molecule has 0 aromatic carbocycles. The van der Waals surface area contributed by atoms with Crippen LogP contribution in [-0.2, 0) is 14.3 Å². The lowest BCUT2D eigenvalue weighted by Crippen LogP contribution is -2.36. The molecule has 0 aromatic rings. The maximum Gasteiger partial charge on any atom is 0.322 e. The van der Waals surface area contributed by atoms with Crippen molar-refractivity contribution in [2.45, 2.75) is 19.9 Å². The number of amides is 1. The van der Waals surface area contributed by atoms with Crippen LogP contribution in [0.4, 0.5) is 0 Å². The lowest BCUT2D eigenvalue weighted by molar-refractivity contribution is -0.143. The molecule has 0 bridgehead atoms. The summed E-state index contributed by atoms with van der Waals surface area (Å²) in [6, 6.07) is -0.477. The second-order valence-electron chi connectivity index (χ2n) is 2.43. The van der Waals surface area contributed by atoms with Crippen molar-refractivity contribution in [3.8, 4) is 0 Å². The zero-order valence-electron chi connectivity index (χ0n) is 7.61. The first-order valence-electron chi connectivity index (χ1n) is 3.50. The minimum atomic E-state index is -0.477. The van der Waals surface area contributed by atoms with E-state index in [0.29, 0.717) is 0 Å². The van der Waals surface area contributed by atoms with Gasteiger partial charge >= 0.3 is 5.97 Å². The van der Waals surface area contributed by atoms with Crippen LogP contribution in [0, 0.1) is 5.92 Å². The van der Waals surface area contributed by atoms with E-state index in [1.54, 1.807) is 0 Å². The Morgan fingerprint density at radius 1 is 1.50 bits per heavy atom. The Balaban J connectivity index is 0. The molecule has 72 valence electrons. The smallest absolute Gasteiger partial charge is 0.322 e. The third-order valence-corrected chi connectivity index (χ3v) is 1.19. The summed E-state index contributed by atoms with van der Waals surface area (Å²) >= 11 is 0. The molecule has 0 spiro atoms. The van der Waals surface area contributed by atoms with Gasteiger partial charge < -0.3 is 16.2 Å². The Bertz CT molecular complexity index is 137. The van der Waals surface area contributed by atoms with Gasteiger partial charge in [-0.25, -0.2) is 0 Å². The second-order valence-corrected chi connectivity index (χ2v) is 2.43. The van der Waals surface area contributed by atoms with Gasteiger partial charge in [-0.15, -0.1) is 0 Å². The molecule has 1 amide bonds. The number of ether oxygens (including phenoxy) is 1. The molecule has 5 heteroatoms. The van der Waals surface area contributed by atoms with Crippen LogP contribution in [0.2, 0.25) is 0 Å². The second kappa shape index (κ2) is 8.00. The zero-order chi connectivity index (χ0) is 10.1. The quantitative estimate of drug-likeness (QED) is 0.427. The molecule has 12 heavy (non-hydrogen) atoms. The largest absolute Gasteiger partial charge is 0.468 e. The summed E-state index contributed by atoms with van der Waals surface area (Å²) < 4.78 is 4.41. The monoisotopic (exact) mass is 176 g/mol. The highest BCUT2D eigenvalue weighted by atomic mass is 16.5. The van der Waals surface area contributed by atoms with E-state index in [4.69, 9.17) is 10.5 Å². The Morgan fingerprint density at radius 2 is 1.83 bits per heavy atom. The SMILES string of the molecule is COC(=O)C(N)C(C)C.NC=O. The summed E-state index contributed by atoms with van der Waals surface area (Å²) in [6.45, 7) is 3.75. The molecule has 1 atom stereocenters. The van der Waals surface area contributed by atoms with E-state index in [9.17, 15) is 4.79 Å². The fourth-order valence-corrected chi connectivity index (χ4v) is 0.408. The molecule has 0 fully saturated rings. The van der Waals surface area contributed by atoms with Gasteiger partial charge in [0.2, 0.25) is 6.41 Å². The number of rotatable bonds is 2. The summed E-state index contributed by atoms with van der Waals surface area (Å²) in [5.41, 5.74) is 9.56. The van der Waals surface area contributed by atoms with E-state index in [0.717, 1.165) is 0 Å². The Hall–Kier alpha value is -1.10. The first-order chi connectivity index (χ1) is 5.51. The van der Waals surface area contributed by atoms with Crippen molar-refractivity contribution >= 4 is 12.4 Å². The predicted octanol–water partition coefficient (Wildman–Crippen LogP) is -0.756. The normalized spacial score (nSPS) is 11.1. The molecule has 0 rings (SSSR count). The molecule has 0 radical (unpaired) electrons. The van der Waals surface area contributed by atoms with Gasteiger partial charge in [0.15, 0.2) is 0 Å². The molecule has 0 heterocycles. The number of hydrogen-bond acceptors (Lipinski definition) is 4. The Morgan fingerprint density at radius 3 is 1.92 bits per heavy atom. The highest BCUT2D eigenvalue weighted by Gasteiger charge is 2.16. The molecule has 0 aliphatic carbocycles. The van der Waals surface area contributed by atoms with Crippen molar-refractivity contribution in [2.24, 2.45) is 17.4 Å². The minimum absolute atomic E-state index is 0.150. The van der Waals surface area contributed by atoms with E-state index in [2.05, 4.69) is 10.5 Å². The summed E-state index contributed by atoms with van der Waals surface area (Å²) in [6.07, 6.45) is 0.250. The van der Waals surface area contributed by atoms with Gasteiger partial charge in [0.1, 0.15) is 6.04 Å². The third-order valence-electron chi connectivity index (χ3n) is 1.19. The van der Waals surface area contributed by atoms with Crippen molar-refractivity contribution in [2.75, 3.05) is 7.11 Å². The maximum atomic E-state index is 10.6. The summed E-state index contributed by atoms with van der Waals surface area (Å²) in [5, 5.41) is 0. The van der Waals surface area contributed by atoms with Gasteiger partial charge in [0, 0.05) is 0 Å². The fourth-order valence-electron chi connectivity index (χ4n) is 0.408. The van der Waals surface area contributed by atoms with Crippen LogP contribution in [0.1, 0.15) is 13.8 Å². The van der Waals surface area contributed by atoms with Gasteiger partial charge in [-0.05, 0) is 5.92 Å². The Kier molecular flexibility index (Phi) is 8.99. The van der Waals surface area contributed by atoms with Gasteiger partial charge in [0.25, 0.3) is 0 Å². The van der Waals surface area contributed by atoms with Crippen LogP contribution >= 0.6 is 0 Å². The number of methoxy groups -OCH3 is 1. The van der Waals surface area contributed by atoms with E-state index >= 15 is 0 Å². The average molecular weight is 176 g/mol. The molecule has 0 aromatic heterocycles. The highest BCUT2D eigenvalue weighted by molar-refractivity contribution is 5.75. The van der Waals surface area contributed by atoms with E-state index in [1.807, 2.05) is 13.8 Å². The minimum Gasteiger partial charge on any atom is -0.468 e. The van der Waals surface area contributed by atoms with Crippen molar-refractivity contribution in [3.05, 3.63) is 0 Å². The molecule has 0 aliphatic heterocycles. The Labute approximate surface area is 72.1 Å². The fraction of sp³-hybridized carbons (Fsp3) is 0.714. The first-order valence-corrected chi connectivity index (χ1v) is 3.50. The van der Waals surface area contributed by atoms with Gasteiger partial charge in [-0.3, -0.25) is 9.59 Å². The van der Waals surface area contributed by atoms with E-state index < -0.39 is 6.04 Å².